The predicted molar refractivity (Wildman–Crippen MR) is 75.9 cm³/mol. The number of rotatable bonds is 4. The van der Waals surface area contributed by atoms with Crippen LogP contribution in [-0.4, -0.2) is 43.0 Å². The van der Waals surface area contributed by atoms with E-state index in [1.165, 1.54) is 31.3 Å². The predicted octanol–water partition coefficient (Wildman–Crippen LogP) is 2.01. The molecule has 7 nitrogen and oxygen atoms in total. The van der Waals surface area contributed by atoms with Gasteiger partial charge in [-0.1, -0.05) is 12.2 Å². The zero-order chi connectivity index (χ0) is 15.6. The number of hydrogen-bond acceptors (Lipinski definition) is 5. The number of ether oxygens (including phenoxy) is 2. The number of hydrogen-bond donors (Lipinski definition) is 0. The highest BCUT2D eigenvalue weighted by Gasteiger charge is 2.29. The maximum Gasteiger partial charge on any atom is 0.286 e. The van der Waals surface area contributed by atoms with Crippen molar-refractivity contribution in [1.29, 1.82) is 0 Å². The molecule has 1 fully saturated rings. The average Bonchev–Trinajstić information content (AvgIpc) is 2.91. The van der Waals surface area contributed by atoms with E-state index in [0.717, 1.165) is 5.57 Å². The second kappa shape index (κ2) is 5.82. The third-order valence-corrected chi connectivity index (χ3v) is 3.37. The first-order chi connectivity index (χ1) is 9.97. The summed E-state index contributed by atoms with van der Waals surface area (Å²) in [4.78, 5) is 24.6. The molecule has 0 atom stereocenters. The number of carbonyl (C=O) groups excluding carboxylic acids is 1. The van der Waals surface area contributed by atoms with Crippen LogP contribution in [0.2, 0.25) is 0 Å². The summed E-state index contributed by atoms with van der Waals surface area (Å²) in [6.07, 6.45) is 0.715. The molecule has 0 radical (unpaired) electrons. The highest BCUT2D eigenvalue weighted by atomic mass is 16.6. The van der Waals surface area contributed by atoms with Crippen molar-refractivity contribution in [3.05, 3.63) is 40.0 Å². The first kappa shape index (κ1) is 14.8. The zero-order valence-corrected chi connectivity index (χ0v) is 11.9. The van der Waals surface area contributed by atoms with Crippen LogP contribution in [-0.2, 0) is 0 Å². The molecule has 2 rings (SSSR count). The summed E-state index contributed by atoms with van der Waals surface area (Å²) in [5.74, 6) is 0.0948. The number of carbonyl (C=O) groups is 1. The summed E-state index contributed by atoms with van der Waals surface area (Å²) in [6, 6.07) is 2.55. The molecule has 1 saturated heterocycles. The Balaban J connectivity index is 2.47. The normalized spacial score (nSPS) is 14.2. The monoisotopic (exact) mass is 292 g/mol. The van der Waals surface area contributed by atoms with Gasteiger partial charge in [0.15, 0.2) is 11.5 Å². The Morgan fingerprint density at radius 1 is 1.33 bits per heavy atom. The van der Waals surface area contributed by atoms with Crippen LogP contribution in [0.4, 0.5) is 5.69 Å². The van der Waals surface area contributed by atoms with Gasteiger partial charge < -0.3 is 14.4 Å². The molecule has 0 unspecified atom stereocenters. The minimum atomic E-state index is -0.597. The van der Waals surface area contributed by atoms with Crippen LogP contribution in [0.15, 0.2) is 24.3 Å². The van der Waals surface area contributed by atoms with E-state index in [0.29, 0.717) is 19.5 Å². The van der Waals surface area contributed by atoms with Gasteiger partial charge in [0.05, 0.1) is 25.2 Å². The van der Waals surface area contributed by atoms with Crippen molar-refractivity contribution in [2.75, 3.05) is 27.3 Å². The van der Waals surface area contributed by atoms with E-state index in [2.05, 4.69) is 6.58 Å². The Bertz CT molecular complexity index is 612. The third kappa shape index (κ3) is 2.81. The van der Waals surface area contributed by atoms with Gasteiger partial charge >= 0.3 is 0 Å². The van der Waals surface area contributed by atoms with E-state index in [-0.39, 0.29) is 22.7 Å². The van der Waals surface area contributed by atoms with Crippen LogP contribution in [0.3, 0.4) is 0 Å². The van der Waals surface area contributed by atoms with Crippen LogP contribution in [0.5, 0.6) is 11.5 Å². The van der Waals surface area contributed by atoms with Crippen molar-refractivity contribution < 1.29 is 19.2 Å². The Kier molecular flexibility index (Phi) is 4.11. The van der Waals surface area contributed by atoms with Crippen molar-refractivity contribution in [2.24, 2.45) is 0 Å². The molecule has 1 aromatic rings. The summed E-state index contributed by atoms with van der Waals surface area (Å²) >= 11 is 0. The van der Waals surface area contributed by atoms with Crippen molar-refractivity contribution in [2.45, 2.75) is 6.42 Å². The second-order valence-corrected chi connectivity index (χ2v) is 4.71. The van der Waals surface area contributed by atoms with Gasteiger partial charge in [-0.15, -0.1) is 0 Å². The van der Waals surface area contributed by atoms with Gasteiger partial charge in [0.25, 0.3) is 11.6 Å². The topological polar surface area (TPSA) is 81.9 Å². The molecule has 0 spiro atoms. The highest BCUT2D eigenvalue weighted by molar-refractivity contribution is 5.99. The summed E-state index contributed by atoms with van der Waals surface area (Å²) in [5.41, 5.74) is 0.633. The van der Waals surface area contributed by atoms with E-state index in [4.69, 9.17) is 9.47 Å². The first-order valence-corrected chi connectivity index (χ1v) is 6.34. The van der Waals surface area contributed by atoms with Crippen LogP contribution < -0.4 is 9.47 Å². The standard InChI is InChI=1S/C14H16N2O5/c1-9-4-5-15(8-9)14(17)10-6-12(20-2)13(21-3)7-11(10)16(18)19/h6-7H,1,4-5,8H2,2-3H3. The molecule has 21 heavy (non-hydrogen) atoms. The quantitative estimate of drug-likeness (QED) is 0.481. The lowest BCUT2D eigenvalue weighted by Gasteiger charge is -2.16. The molecule has 0 N–H and O–H groups in total. The van der Waals surface area contributed by atoms with Crippen molar-refractivity contribution in [3.8, 4) is 11.5 Å². The number of nitrogens with zero attached hydrogens (tertiary/aromatic N) is 2. The summed E-state index contributed by atoms with van der Waals surface area (Å²) in [6.45, 7) is 4.76. The fraction of sp³-hybridized carbons (Fsp3) is 0.357. The molecule has 0 bridgehead atoms. The van der Waals surface area contributed by atoms with Crippen LogP contribution >= 0.6 is 0 Å². The molecule has 7 heteroatoms. The number of benzene rings is 1. The molecule has 0 aliphatic carbocycles. The lowest BCUT2D eigenvalue weighted by atomic mass is 10.1. The number of nitro benzene ring substituents is 1. The van der Waals surface area contributed by atoms with E-state index in [9.17, 15) is 14.9 Å². The van der Waals surface area contributed by atoms with Crippen LogP contribution in [0, 0.1) is 10.1 Å². The Labute approximate surface area is 121 Å². The lowest BCUT2D eigenvalue weighted by Crippen LogP contribution is -2.28. The molecule has 1 aromatic carbocycles. The number of methoxy groups -OCH3 is 2. The fourth-order valence-electron chi connectivity index (χ4n) is 2.26. The van der Waals surface area contributed by atoms with Gasteiger partial charge in [-0.3, -0.25) is 14.9 Å². The average molecular weight is 292 g/mol. The van der Waals surface area contributed by atoms with E-state index in [1.54, 1.807) is 0 Å². The van der Waals surface area contributed by atoms with Crippen LogP contribution in [0.1, 0.15) is 16.8 Å². The largest absolute Gasteiger partial charge is 0.493 e. The van der Waals surface area contributed by atoms with Gasteiger partial charge in [-0.25, -0.2) is 0 Å². The molecule has 0 saturated carbocycles. The van der Waals surface area contributed by atoms with Gasteiger partial charge in [0.2, 0.25) is 0 Å². The molecule has 1 amide bonds. The van der Waals surface area contributed by atoms with Gasteiger partial charge in [-0.2, -0.15) is 0 Å². The van der Waals surface area contributed by atoms with E-state index < -0.39 is 10.8 Å². The molecule has 1 aliphatic rings. The van der Waals surface area contributed by atoms with Crippen LogP contribution in [0.25, 0.3) is 0 Å². The maximum absolute atomic E-state index is 12.5. The minimum absolute atomic E-state index is 0.00708. The molecule has 1 aliphatic heterocycles. The number of nitro groups is 1. The second-order valence-electron chi connectivity index (χ2n) is 4.71. The molecule has 112 valence electrons. The van der Waals surface area contributed by atoms with Gasteiger partial charge in [-0.05, 0) is 6.42 Å². The Hall–Kier alpha value is -2.57. The minimum Gasteiger partial charge on any atom is -0.493 e. The van der Waals surface area contributed by atoms with Crippen molar-refractivity contribution in [1.82, 2.24) is 4.90 Å². The summed E-state index contributed by atoms with van der Waals surface area (Å²) in [7, 11) is 2.79. The number of amides is 1. The number of likely N-dealkylation sites (tertiary alicyclic amines) is 1. The summed E-state index contributed by atoms with van der Waals surface area (Å²) in [5, 5.41) is 11.2. The van der Waals surface area contributed by atoms with Crippen molar-refractivity contribution >= 4 is 11.6 Å². The Morgan fingerprint density at radius 3 is 2.43 bits per heavy atom. The zero-order valence-electron chi connectivity index (χ0n) is 11.9. The van der Waals surface area contributed by atoms with E-state index >= 15 is 0 Å². The lowest BCUT2D eigenvalue weighted by molar-refractivity contribution is -0.385. The van der Waals surface area contributed by atoms with Crippen molar-refractivity contribution in [3.63, 3.8) is 0 Å². The molecular weight excluding hydrogens is 276 g/mol. The SMILES string of the molecule is C=C1CCN(C(=O)c2cc(OC)c(OC)cc2[N+](=O)[O-])C1. The summed E-state index contributed by atoms with van der Waals surface area (Å²) < 4.78 is 10.1. The fourth-order valence-corrected chi connectivity index (χ4v) is 2.26. The molecule has 1 heterocycles. The van der Waals surface area contributed by atoms with Gasteiger partial charge in [0.1, 0.15) is 5.56 Å². The Morgan fingerprint density at radius 2 is 1.95 bits per heavy atom. The maximum atomic E-state index is 12.5. The first-order valence-electron chi connectivity index (χ1n) is 6.34. The van der Waals surface area contributed by atoms with Gasteiger partial charge in [0, 0.05) is 19.2 Å². The molecule has 0 aromatic heterocycles. The van der Waals surface area contributed by atoms with E-state index in [1.807, 2.05) is 0 Å². The highest BCUT2D eigenvalue weighted by Crippen LogP contribution is 2.35. The third-order valence-electron chi connectivity index (χ3n) is 3.37. The molecular formula is C14H16N2O5. The smallest absolute Gasteiger partial charge is 0.286 e.